The van der Waals surface area contributed by atoms with Gasteiger partial charge in [-0.2, -0.15) is 0 Å². The summed E-state index contributed by atoms with van der Waals surface area (Å²) in [5.41, 5.74) is 4.14. The van der Waals surface area contributed by atoms with Crippen molar-refractivity contribution >= 4 is 44.4 Å². The third kappa shape index (κ3) is 3.58. The average Bonchev–Trinajstić information content (AvgIpc) is 3.20. The number of carbonyl (C=O) groups excluding carboxylic acids is 1. The molecule has 0 aliphatic carbocycles. The lowest BCUT2D eigenvalue weighted by molar-refractivity contribution is -0.149. The molecule has 0 spiro atoms. The fourth-order valence-corrected chi connectivity index (χ4v) is 4.80. The third-order valence-electron chi connectivity index (χ3n) is 5.29. The first kappa shape index (κ1) is 19.5. The minimum atomic E-state index is -0.282. The SMILES string of the molecule is CCC(=O)OC1CCn2c1c(CCc1ccc(Cl)cc1)c1c(Br)cc(F)cc12. The summed E-state index contributed by atoms with van der Waals surface area (Å²) >= 11 is 9.53. The van der Waals surface area contributed by atoms with E-state index in [1.165, 1.54) is 11.6 Å². The van der Waals surface area contributed by atoms with Gasteiger partial charge in [0.05, 0.1) is 11.2 Å². The molecule has 3 aromatic rings. The Hall–Kier alpha value is -1.85. The summed E-state index contributed by atoms with van der Waals surface area (Å²) in [4.78, 5) is 11.9. The Bertz CT molecular complexity index is 1050. The van der Waals surface area contributed by atoms with Gasteiger partial charge in [0, 0.05) is 34.3 Å². The summed E-state index contributed by atoms with van der Waals surface area (Å²) in [7, 11) is 0. The van der Waals surface area contributed by atoms with Gasteiger partial charge in [0.2, 0.25) is 0 Å². The molecule has 2 heterocycles. The number of hydrogen-bond acceptors (Lipinski definition) is 2. The molecule has 2 aromatic carbocycles. The van der Waals surface area contributed by atoms with Crippen LogP contribution >= 0.6 is 27.5 Å². The highest BCUT2D eigenvalue weighted by atomic mass is 79.9. The van der Waals surface area contributed by atoms with E-state index in [4.69, 9.17) is 16.3 Å². The van der Waals surface area contributed by atoms with Crippen molar-refractivity contribution in [2.45, 2.75) is 45.3 Å². The number of aromatic nitrogens is 1. The summed E-state index contributed by atoms with van der Waals surface area (Å²) in [6, 6.07) is 10.9. The van der Waals surface area contributed by atoms with Gasteiger partial charge in [-0.1, -0.05) is 30.7 Å². The smallest absolute Gasteiger partial charge is 0.306 e. The highest BCUT2D eigenvalue weighted by molar-refractivity contribution is 9.10. The molecule has 0 saturated carbocycles. The first-order valence-electron chi connectivity index (χ1n) is 9.42. The van der Waals surface area contributed by atoms with Gasteiger partial charge in [0.1, 0.15) is 11.9 Å². The maximum absolute atomic E-state index is 14.1. The van der Waals surface area contributed by atoms with E-state index in [0.717, 1.165) is 45.9 Å². The number of carbonyl (C=O) groups is 1. The number of rotatable bonds is 5. The van der Waals surface area contributed by atoms with E-state index in [9.17, 15) is 9.18 Å². The van der Waals surface area contributed by atoms with Gasteiger partial charge in [-0.05, 0) is 64.2 Å². The van der Waals surface area contributed by atoms with Gasteiger partial charge >= 0.3 is 5.97 Å². The second-order valence-corrected chi connectivity index (χ2v) is 8.34. The lowest BCUT2D eigenvalue weighted by Crippen LogP contribution is -2.09. The van der Waals surface area contributed by atoms with Crippen LogP contribution in [-0.2, 0) is 28.9 Å². The Morgan fingerprint density at radius 3 is 2.75 bits per heavy atom. The molecule has 0 bridgehead atoms. The minimum Gasteiger partial charge on any atom is -0.456 e. The summed E-state index contributed by atoms with van der Waals surface area (Å²) in [6.07, 6.45) is 2.37. The predicted octanol–water partition coefficient (Wildman–Crippen LogP) is 6.38. The van der Waals surface area contributed by atoms with Crippen LogP contribution in [0.1, 0.15) is 42.7 Å². The fourth-order valence-electron chi connectivity index (χ4n) is 4.01. The minimum absolute atomic E-state index is 0.211. The largest absolute Gasteiger partial charge is 0.456 e. The van der Waals surface area contributed by atoms with Crippen LogP contribution in [0.25, 0.3) is 10.9 Å². The molecular formula is C22H20BrClFNO2. The molecule has 0 N–H and O–H groups in total. The highest BCUT2D eigenvalue weighted by Crippen LogP contribution is 2.42. The van der Waals surface area contributed by atoms with E-state index in [2.05, 4.69) is 20.5 Å². The van der Waals surface area contributed by atoms with Gasteiger partial charge in [-0.3, -0.25) is 4.79 Å². The number of fused-ring (bicyclic) bond motifs is 3. The van der Waals surface area contributed by atoms with Crippen LogP contribution in [0.2, 0.25) is 5.02 Å². The summed E-state index contributed by atoms with van der Waals surface area (Å²) in [5, 5.41) is 1.71. The van der Waals surface area contributed by atoms with Crippen molar-refractivity contribution in [1.82, 2.24) is 4.57 Å². The van der Waals surface area contributed by atoms with Crippen molar-refractivity contribution < 1.29 is 13.9 Å². The van der Waals surface area contributed by atoms with E-state index in [1.54, 1.807) is 13.0 Å². The van der Waals surface area contributed by atoms with E-state index in [-0.39, 0.29) is 17.9 Å². The Morgan fingerprint density at radius 2 is 2.04 bits per heavy atom. The lowest BCUT2D eigenvalue weighted by Gasteiger charge is -2.14. The van der Waals surface area contributed by atoms with Crippen molar-refractivity contribution in [3.05, 3.63) is 68.5 Å². The van der Waals surface area contributed by atoms with Gasteiger partial charge in [0.25, 0.3) is 0 Å². The summed E-state index contributed by atoms with van der Waals surface area (Å²) < 4.78 is 22.6. The molecule has 0 amide bonds. The Labute approximate surface area is 176 Å². The zero-order valence-electron chi connectivity index (χ0n) is 15.5. The van der Waals surface area contributed by atoms with Crippen LogP contribution in [0.15, 0.2) is 40.9 Å². The standard InChI is InChI=1S/C22H20BrClFNO2/c1-2-20(27)28-19-9-10-26-18-12-15(25)11-17(23)21(18)16(22(19)26)8-5-13-3-6-14(24)7-4-13/h3-4,6-7,11-12,19H,2,5,8-10H2,1H3. The number of aryl methyl sites for hydroxylation is 3. The number of halogens is 3. The molecule has 6 heteroatoms. The van der Waals surface area contributed by atoms with Crippen molar-refractivity contribution in [3.8, 4) is 0 Å². The first-order chi connectivity index (χ1) is 13.5. The predicted molar refractivity (Wildman–Crippen MR) is 112 cm³/mol. The fraction of sp³-hybridized carbons (Fsp3) is 0.318. The molecule has 146 valence electrons. The van der Waals surface area contributed by atoms with Crippen LogP contribution in [0.4, 0.5) is 4.39 Å². The van der Waals surface area contributed by atoms with E-state index in [0.29, 0.717) is 18.0 Å². The number of ether oxygens (including phenoxy) is 1. The molecule has 1 aliphatic heterocycles. The highest BCUT2D eigenvalue weighted by Gasteiger charge is 2.32. The van der Waals surface area contributed by atoms with Crippen LogP contribution < -0.4 is 0 Å². The molecule has 4 rings (SSSR count). The normalized spacial score (nSPS) is 15.8. The van der Waals surface area contributed by atoms with Crippen molar-refractivity contribution in [3.63, 3.8) is 0 Å². The molecule has 28 heavy (non-hydrogen) atoms. The zero-order chi connectivity index (χ0) is 19.8. The maximum atomic E-state index is 14.1. The molecule has 0 radical (unpaired) electrons. The third-order valence-corrected chi connectivity index (χ3v) is 6.16. The van der Waals surface area contributed by atoms with Crippen molar-refractivity contribution in [2.24, 2.45) is 0 Å². The number of nitrogens with zero attached hydrogens (tertiary/aromatic N) is 1. The van der Waals surface area contributed by atoms with Crippen LogP contribution in [0, 0.1) is 5.82 Å². The van der Waals surface area contributed by atoms with Crippen LogP contribution in [0.5, 0.6) is 0 Å². The Kier molecular flexibility index (Phi) is 5.48. The van der Waals surface area contributed by atoms with Crippen molar-refractivity contribution in [1.29, 1.82) is 0 Å². The molecule has 1 unspecified atom stereocenters. The topological polar surface area (TPSA) is 31.2 Å². The summed E-state index contributed by atoms with van der Waals surface area (Å²) in [5.74, 6) is -0.490. The molecule has 1 aliphatic rings. The monoisotopic (exact) mass is 463 g/mol. The van der Waals surface area contributed by atoms with E-state index >= 15 is 0 Å². The van der Waals surface area contributed by atoms with Crippen LogP contribution in [0.3, 0.4) is 0 Å². The van der Waals surface area contributed by atoms with Crippen molar-refractivity contribution in [2.75, 3.05) is 0 Å². The summed E-state index contributed by atoms with van der Waals surface area (Å²) in [6.45, 7) is 2.50. The van der Waals surface area contributed by atoms with Crippen LogP contribution in [-0.4, -0.2) is 10.5 Å². The maximum Gasteiger partial charge on any atom is 0.306 e. The Balaban J connectivity index is 1.77. The van der Waals surface area contributed by atoms with E-state index < -0.39 is 0 Å². The van der Waals surface area contributed by atoms with Gasteiger partial charge in [0.15, 0.2) is 0 Å². The average molecular weight is 465 g/mol. The molecule has 1 atom stereocenters. The number of benzene rings is 2. The molecule has 3 nitrogen and oxygen atoms in total. The lowest BCUT2D eigenvalue weighted by atomic mass is 9.99. The number of hydrogen-bond donors (Lipinski definition) is 0. The Morgan fingerprint density at radius 1 is 1.29 bits per heavy atom. The second kappa shape index (κ2) is 7.88. The number of esters is 1. The molecule has 0 saturated heterocycles. The van der Waals surface area contributed by atoms with Gasteiger partial charge in [-0.25, -0.2) is 4.39 Å². The quantitative estimate of drug-likeness (QED) is 0.410. The van der Waals surface area contributed by atoms with Gasteiger partial charge < -0.3 is 9.30 Å². The molecule has 0 fully saturated rings. The first-order valence-corrected chi connectivity index (χ1v) is 10.6. The van der Waals surface area contributed by atoms with E-state index in [1.807, 2.05) is 24.3 Å². The molecule has 1 aromatic heterocycles. The second-order valence-electron chi connectivity index (χ2n) is 7.04. The van der Waals surface area contributed by atoms with Gasteiger partial charge in [-0.15, -0.1) is 0 Å². The molecular weight excluding hydrogens is 445 g/mol. The zero-order valence-corrected chi connectivity index (χ0v) is 17.8.